The maximum atomic E-state index is 5.03. The molecule has 0 saturated carbocycles. The van der Waals surface area contributed by atoms with E-state index in [1.54, 1.807) is 13.2 Å². The molecule has 0 atom stereocenters. The van der Waals surface area contributed by atoms with E-state index in [1.807, 2.05) is 24.3 Å². The van der Waals surface area contributed by atoms with Crippen molar-refractivity contribution in [2.24, 2.45) is 5.16 Å². The number of rotatable bonds is 5. The van der Waals surface area contributed by atoms with E-state index in [2.05, 4.69) is 11.7 Å². The lowest BCUT2D eigenvalue weighted by Crippen LogP contribution is -1.88. The smallest absolute Gasteiger partial charge is 0.142 e. The van der Waals surface area contributed by atoms with Gasteiger partial charge in [-0.25, -0.2) is 0 Å². The molecular formula is C11H13NO2. The monoisotopic (exact) mass is 191 g/mol. The minimum atomic E-state index is 0.453. The molecule has 3 nitrogen and oxygen atoms in total. The molecule has 1 aromatic rings. The van der Waals surface area contributed by atoms with E-state index in [9.17, 15) is 0 Å². The quantitative estimate of drug-likeness (QED) is 0.528. The topological polar surface area (TPSA) is 30.8 Å². The Balaban J connectivity index is 2.43. The van der Waals surface area contributed by atoms with E-state index in [1.165, 1.54) is 6.21 Å². The summed E-state index contributed by atoms with van der Waals surface area (Å²) in [7, 11) is 1.64. The number of ether oxygens (including phenoxy) is 1. The molecule has 0 heterocycles. The van der Waals surface area contributed by atoms with E-state index in [4.69, 9.17) is 9.57 Å². The Kier molecular flexibility index (Phi) is 4.27. The summed E-state index contributed by atoms with van der Waals surface area (Å²) in [6.07, 6.45) is 3.07. The van der Waals surface area contributed by atoms with Gasteiger partial charge in [0.15, 0.2) is 0 Å². The lowest BCUT2D eigenvalue weighted by molar-refractivity contribution is 0.132. The predicted molar refractivity (Wildman–Crippen MR) is 56.5 cm³/mol. The number of allylic oxidation sites excluding steroid dienone is 1. The summed E-state index contributed by atoms with van der Waals surface area (Å²) in [6, 6.07) is 7.64. The lowest BCUT2D eigenvalue weighted by atomic mass is 10.2. The predicted octanol–water partition coefficient (Wildman–Crippen LogP) is 2.38. The summed E-state index contributed by atoms with van der Waals surface area (Å²) in [5, 5.41) is 3.65. The molecule has 0 saturated heterocycles. The van der Waals surface area contributed by atoms with Crippen molar-refractivity contribution < 1.29 is 9.57 Å². The Bertz CT molecular complexity index is 304. The SMILES string of the molecule is C=C/C=N/OCc1ccc(OC)cc1. The van der Waals surface area contributed by atoms with Crippen molar-refractivity contribution in [3.63, 3.8) is 0 Å². The minimum Gasteiger partial charge on any atom is -0.497 e. The fourth-order valence-electron chi connectivity index (χ4n) is 0.920. The van der Waals surface area contributed by atoms with Crippen molar-refractivity contribution in [3.05, 3.63) is 42.5 Å². The Hall–Kier alpha value is -1.77. The summed E-state index contributed by atoms with van der Waals surface area (Å²) >= 11 is 0. The standard InChI is InChI=1S/C11H13NO2/c1-3-8-12-14-9-10-4-6-11(13-2)7-5-10/h3-8H,1,9H2,2H3/b12-8+. The maximum absolute atomic E-state index is 5.03. The van der Waals surface area contributed by atoms with E-state index in [-0.39, 0.29) is 0 Å². The third kappa shape index (κ3) is 3.31. The Morgan fingerprint density at radius 3 is 2.64 bits per heavy atom. The first-order chi connectivity index (χ1) is 6.86. The molecule has 3 heteroatoms. The highest BCUT2D eigenvalue weighted by atomic mass is 16.6. The molecular weight excluding hydrogens is 178 g/mol. The van der Waals surface area contributed by atoms with Gasteiger partial charge >= 0.3 is 0 Å². The highest BCUT2D eigenvalue weighted by Crippen LogP contribution is 2.11. The molecule has 74 valence electrons. The van der Waals surface area contributed by atoms with Crippen LogP contribution in [0.5, 0.6) is 5.75 Å². The Morgan fingerprint density at radius 2 is 2.07 bits per heavy atom. The van der Waals surface area contributed by atoms with Gasteiger partial charge in [0.25, 0.3) is 0 Å². The Labute approximate surface area is 83.6 Å². The van der Waals surface area contributed by atoms with Crippen molar-refractivity contribution in [1.29, 1.82) is 0 Å². The maximum Gasteiger partial charge on any atom is 0.142 e. The van der Waals surface area contributed by atoms with E-state index in [0.717, 1.165) is 11.3 Å². The van der Waals surface area contributed by atoms with Crippen LogP contribution in [0.2, 0.25) is 0 Å². The molecule has 0 spiro atoms. The van der Waals surface area contributed by atoms with Crippen LogP contribution in [0.15, 0.2) is 42.1 Å². The number of methoxy groups -OCH3 is 1. The number of nitrogens with zero attached hydrogens (tertiary/aromatic N) is 1. The van der Waals surface area contributed by atoms with Crippen LogP contribution in [0.3, 0.4) is 0 Å². The summed E-state index contributed by atoms with van der Waals surface area (Å²) in [6.45, 7) is 3.93. The lowest BCUT2D eigenvalue weighted by Gasteiger charge is -2.01. The zero-order chi connectivity index (χ0) is 10.2. The van der Waals surface area contributed by atoms with Gasteiger partial charge in [-0.15, -0.1) is 0 Å². The van der Waals surface area contributed by atoms with Crippen molar-refractivity contribution in [2.45, 2.75) is 6.61 Å². The zero-order valence-corrected chi connectivity index (χ0v) is 8.14. The molecule has 1 aromatic carbocycles. The van der Waals surface area contributed by atoms with E-state index < -0.39 is 0 Å². The highest BCUT2D eigenvalue weighted by Gasteiger charge is 1.93. The van der Waals surface area contributed by atoms with Gasteiger partial charge in [-0.2, -0.15) is 0 Å². The van der Waals surface area contributed by atoms with Crippen LogP contribution in [-0.2, 0) is 11.4 Å². The molecule has 0 aliphatic heterocycles. The summed E-state index contributed by atoms with van der Waals surface area (Å²) in [5.74, 6) is 0.836. The van der Waals surface area contributed by atoms with Gasteiger partial charge in [0.05, 0.1) is 13.3 Å². The third-order valence-electron chi connectivity index (χ3n) is 1.63. The van der Waals surface area contributed by atoms with Crippen LogP contribution in [0.1, 0.15) is 5.56 Å². The summed E-state index contributed by atoms with van der Waals surface area (Å²) in [4.78, 5) is 4.99. The van der Waals surface area contributed by atoms with Gasteiger partial charge in [-0.3, -0.25) is 0 Å². The molecule has 0 amide bonds. The highest BCUT2D eigenvalue weighted by molar-refractivity contribution is 5.69. The molecule has 14 heavy (non-hydrogen) atoms. The average Bonchev–Trinajstić information content (AvgIpc) is 2.25. The molecule has 0 unspecified atom stereocenters. The Morgan fingerprint density at radius 1 is 1.36 bits per heavy atom. The molecule has 0 aliphatic rings. The van der Waals surface area contributed by atoms with E-state index in [0.29, 0.717) is 6.61 Å². The molecule has 0 aromatic heterocycles. The van der Waals surface area contributed by atoms with Crippen molar-refractivity contribution in [1.82, 2.24) is 0 Å². The van der Waals surface area contributed by atoms with Crippen molar-refractivity contribution in [2.75, 3.05) is 7.11 Å². The fourth-order valence-corrected chi connectivity index (χ4v) is 0.920. The molecule has 0 bridgehead atoms. The van der Waals surface area contributed by atoms with Crippen molar-refractivity contribution >= 4 is 6.21 Å². The summed E-state index contributed by atoms with van der Waals surface area (Å²) < 4.78 is 5.03. The second-order valence-electron chi connectivity index (χ2n) is 2.61. The minimum absolute atomic E-state index is 0.453. The number of benzene rings is 1. The van der Waals surface area contributed by atoms with Gasteiger partial charge in [-0.05, 0) is 23.8 Å². The third-order valence-corrected chi connectivity index (χ3v) is 1.63. The van der Waals surface area contributed by atoms with Crippen LogP contribution in [0, 0.1) is 0 Å². The zero-order valence-electron chi connectivity index (χ0n) is 8.14. The van der Waals surface area contributed by atoms with Crippen molar-refractivity contribution in [3.8, 4) is 5.75 Å². The molecule has 1 rings (SSSR count). The van der Waals surface area contributed by atoms with Crippen LogP contribution >= 0.6 is 0 Å². The first kappa shape index (κ1) is 10.3. The summed E-state index contributed by atoms with van der Waals surface area (Å²) in [5.41, 5.74) is 1.05. The number of hydrogen-bond donors (Lipinski definition) is 0. The molecule has 0 fully saturated rings. The number of hydrogen-bond acceptors (Lipinski definition) is 3. The van der Waals surface area contributed by atoms with Gasteiger partial charge in [0, 0.05) is 0 Å². The van der Waals surface area contributed by atoms with Crippen LogP contribution < -0.4 is 4.74 Å². The molecule has 0 aliphatic carbocycles. The van der Waals surface area contributed by atoms with Gasteiger partial charge in [0.1, 0.15) is 12.4 Å². The number of oxime groups is 1. The first-order valence-corrected chi connectivity index (χ1v) is 4.26. The first-order valence-electron chi connectivity index (χ1n) is 4.26. The second-order valence-corrected chi connectivity index (χ2v) is 2.61. The molecule has 0 N–H and O–H groups in total. The normalized spacial score (nSPS) is 10.1. The second kappa shape index (κ2) is 5.80. The van der Waals surface area contributed by atoms with Crippen LogP contribution in [-0.4, -0.2) is 13.3 Å². The van der Waals surface area contributed by atoms with Gasteiger partial charge < -0.3 is 9.57 Å². The van der Waals surface area contributed by atoms with E-state index >= 15 is 0 Å². The van der Waals surface area contributed by atoms with Gasteiger partial charge in [-0.1, -0.05) is 23.9 Å². The van der Waals surface area contributed by atoms with Crippen LogP contribution in [0.4, 0.5) is 0 Å². The largest absolute Gasteiger partial charge is 0.497 e. The fraction of sp³-hybridized carbons (Fsp3) is 0.182. The van der Waals surface area contributed by atoms with Gasteiger partial charge in [0.2, 0.25) is 0 Å². The average molecular weight is 191 g/mol. The molecule has 0 radical (unpaired) electrons. The van der Waals surface area contributed by atoms with Crippen LogP contribution in [0.25, 0.3) is 0 Å².